The molecule has 0 bridgehead atoms. The van der Waals surface area contributed by atoms with Crippen molar-refractivity contribution in [3.63, 3.8) is 0 Å². The van der Waals surface area contributed by atoms with E-state index in [1.165, 1.54) is 6.33 Å². The molecule has 3 N–H and O–H groups in total. The molecule has 5 nitrogen and oxygen atoms in total. The van der Waals surface area contributed by atoms with E-state index in [-0.39, 0.29) is 0 Å². The van der Waals surface area contributed by atoms with E-state index in [1.807, 2.05) is 66.5 Å². The van der Waals surface area contributed by atoms with Crippen molar-refractivity contribution in [1.82, 2.24) is 9.97 Å². The maximum Gasteiger partial charge on any atom is 0.161 e. The van der Waals surface area contributed by atoms with Crippen LogP contribution in [0.1, 0.15) is 0 Å². The summed E-state index contributed by atoms with van der Waals surface area (Å²) in [6.45, 7) is 0. The maximum atomic E-state index is 6.27. The van der Waals surface area contributed by atoms with E-state index in [9.17, 15) is 0 Å². The van der Waals surface area contributed by atoms with Crippen LogP contribution in [0.25, 0.3) is 0 Å². The van der Waals surface area contributed by atoms with Gasteiger partial charge in [0, 0.05) is 22.9 Å². The summed E-state index contributed by atoms with van der Waals surface area (Å²) in [6, 6.07) is 17.7. The van der Waals surface area contributed by atoms with Crippen LogP contribution in [0.15, 0.2) is 65.4 Å². The first-order chi connectivity index (χ1) is 11.1. The summed E-state index contributed by atoms with van der Waals surface area (Å²) in [5, 5.41) is 3.23. The second-order valence-electron chi connectivity index (χ2n) is 4.99. The van der Waals surface area contributed by atoms with Crippen LogP contribution in [-0.4, -0.2) is 17.0 Å². The van der Waals surface area contributed by atoms with Crippen LogP contribution in [0.3, 0.4) is 0 Å². The maximum absolute atomic E-state index is 6.27. The smallest absolute Gasteiger partial charge is 0.161 e. The van der Waals surface area contributed by atoms with Crippen molar-refractivity contribution in [3.8, 4) is 0 Å². The van der Waals surface area contributed by atoms with Crippen molar-refractivity contribution in [3.05, 3.63) is 65.4 Å². The summed E-state index contributed by atoms with van der Waals surface area (Å²) in [4.78, 5) is 10.5. The molecule has 0 amide bonds. The average Bonchev–Trinajstić information content (AvgIpc) is 2.57. The fourth-order valence-corrected chi connectivity index (χ4v) is 2.63. The Bertz CT molecular complexity index is 807. The van der Waals surface area contributed by atoms with Crippen molar-refractivity contribution < 1.29 is 0 Å². The topological polar surface area (TPSA) is 67.1 Å². The summed E-state index contributed by atoms with van der Waals surface area (Å²) in [5.41, 5.74) is 8.67. The van der Waals surface area contributed by atoms with Crippen LogP contribution < -0.4 is 16.0 Å². The highest BCUT2D eigenvalue weighted by Crippen LogP contribution is 2.32. The van der Waals surface area contributed by atoms with Crippen LogP contribution in [0.2, 0.25) is 0 Å². The minimum Gasteiger partial charge on any atom is -0.393 e. The van der Waals surface area contributed by atoms with Crippen LogP contribution in [0, 0.1) is 0 Å². The summed E-state index contributed by atoms with van der Waals surface area (Å²) >= 11 is 3.45. The van der Waals surface area contributed by atoms with E-state index in [0.717, 1.165) is 15.8 Å². The molecule has 0 aliphatic heterocycles. The number of anilines is 5. The van der Waals surface area contributed by atoms with Crippen molar-refractivity contribution in [1.29, 1.82) is 0 Å². The fourth-order valence-electron chi connectivity index (χ4n) is 2.23. The third-order valence-electron chi connectivity index (χ3n) is 3.41. The Hall–Kier alpha value is -2.60. The fraction of sp³-hybridized carbons (Fsp3) is 0.0588. The summed E-state index contributed by atoms with van der Waals surface area (Å²) < 4.78 is 0.983. The highest BCUT2D eigenvalue weighted by atomic mass is 79.9. The molecule has 1 aromatic heterocycles. The molecule has 2 aromatic carbocycles. The first-order valence-corrected chi connectivity index (χ1v) is 7.86. The van der Waals surface area contributed by atoms with Gasteiger partial charge in [-0.15, -0.1) is 0 Å². The van der Waals surface area contributed by atoms with Crippen LogP contribution in [-0.2, 0) is 0 Å². The second kappa shape index (κ2) is 6.66. The number of aromatic nitrogens is 2. The highest BCUT2D eigenvalue weighted by Gasteiger charge is 2.13. The zero-order chi connectivity index (χ0) is 16.2. The van der Waals surface area contributed by atoms with Gasteiger partial charge in [0.05, 0.1) is 0 Å². The van der Waals surface area contributed by atoms with Gasteiger partial charge in [0.25, 0.3) is 0 Å². The third kappa shape index (κ3) is 3.43. The Morgan fingerprint density at radius 2 is 1.83 bits per heavy atom. The first kappa shape index (κ1) is 15.3. The summed E-state index contributed by atoms with van der Waals surface area (Å²) in [5.74, 6) is 1.24. The van der Waals surface area contributed by atoms with Gasteiger partial charge < -0.3 is 16.0 Å². The van der Waals surface area contributed by atoms with Crippen molar-refractivity contribution >= 4 is 44.6 Å². The Kier molecular flexibility index (Phi) is 4.43. The number of benzene rings is 2. The van der Waals surface area contributed by atoms with Crippen molar-refractivity contribution in [2.24, 2.45) is 0 Å². The third-order valence-corrected chi connectivity index (χ3v) is 3.90. The molecule has 6 heteroatoms. The molecular formula is C17H16BrN5. The molecule has 0 atom stereocenters. The van der Waals surface area contributed by atoms with E-state index in [0.29, 0.717) is 17.3 Å². The van der Waals surface area contributed by atoms with E-state index >= 15 is 0 Å². The number of nitrogen functional groups attached to an aromatic ring is 1. The van der Waals surface area contributed by atoms with Gasteiger partial charge >= 0.3 is 0 Å². The number of halogens is 1. The predicted octanol–water partition coefficient (Wildman–Crippen LogP) is 4.33. The van der Waals surface area contributed by atoms with Gasteiger partial charge in [0.1, 0.15) is 12.0 Å². The van der Waals surface area contributed by atoms with Gasteiger partial charge in [0.2, 0.25) is 0 Å². The highest BCUT2D eigenvalue weighted by molar-refractivity contribution is 9.10. The molecule has 3 rings (SSSR count). The number of rotatable bonds is 4. The van der Waals surface area contributed by atoms with E-state index in [1.54, 1.807) is 0 Å². The van der Waals surface area contributed by atoms with Crippen LogP contribution in [0.4, 0.5) is 28.7 Å². The SMILES string of the molecule is CN(c1ccccc1)c1ncnc(Nc2cccc(Br)c2)c1N. The zero-order valence-corrected chi connectivity index (χ0v) is 14.2. The van der Waals surface area contributed by atoms with E-state index in [4.69, 9.17) is 5.73 Å². The molecule has 1 heterocycles. The number of hydrogen-bond acceptors (Lipinski definition) is 5. The monoisotopic (exact) mass is 369 g/mol. The molecule has 3 aromatic rings. The standard InChI is InChI=1S/C17H16BrN5/c1-23(14-8-3-2-4-9-14)17-15(19)16(20-11-21-17)22-13-7-5-6-12(18)10-13/h2-11H,19H2,1H3,(H,20,21,22). The summed E-state index contributed by atoms with van der Waals surface area (Å²) in [6.07, 6.45) is 1.51. The van der Waals surface area contributed by atoms with Crippen molar-refractivity contribution in [2.45, 2.75) is 0 Å². The Balaban J connectivity index is 1.92. The minimum atomic E-state index is 0.499. The number of hydrogen-bond donors (Lipinski definition) is 2. The van der Waals surface area contributed by atoms with Gasteiger partial charge in [-0.25, -0.2) is 9.97 Å². The van der Waals surface area contributed by atoms with Crippen LogP contribution >= 0.6 is 15.9 Å². The molecule has 0 saturated heterocycles. The van der Waals surface area contributed by atoms with Gasteiger partial charge in [-0.3, -0.25) is 0 Å². The van der Waals surface area contributed by atoms with Gasteiger partial charge in [-0.05, 0) is 30.3 Å². The number of para-hydroxylation sites is 1. The quantitative estimate of drug-likeness (QED) is 0.716. The molecule has 116 valence electrons. The Morgan fingerprint density at radius 1 is 1.04 bits per heavy atom. The zero-order valence-electron chi connectivity index (χ0n) is 12.6. The molecule has 0 fully saturated rings. The van der Waals surface area contributed by atoms with Gasteiger partial charge in [-0.1, -0.05) is 40.2 Å². The molecule has 0 unspecified atom stereocenters. The van der Waals surface area contributed by atoms with Crippen LogP contribution in [0.5, 0.6) is 0 Å². The molecule has 0 aliphatic rings. The molecule has 0 saturated carbocycles. The van der Waals surface area contributed by atoms with Gasteiger partial charge in [-0.2, -0.15) is 0 Å². The predicted molar refractivity (Wildman–Crippen MR) is 98.4 cm³/mol. The van der Waals surface area contributed by atoms with E-state index < -0.39 is 0 Å². The largest absolute Gasteiger partial charge is 0.393 e. The number of nitrogens with two attached hydrogens (primary N) is 1. The average molecular weight is 370 g/mol. The Labute approximate surface area is 143 Å². The lowest BCUT2D eigenvalue weighted by atomic mass is 10.3. The number of nitrogens with zero attached hydrogens (tertiary/aromatic N) is 3. The lowest BCUT2D eigenvalue weighted by molar-refractivity contribution is 1.09. The second-order valence-corrected chi connectivity index (χ2v) is 5.91. The molecule has 0 aliphatic carbocycles. The van der Waals surface area contributed by atoms with Gasteiger partial charge in [0.15, 0.2) is 11.6 Å². The Morgan fingerprint density at radius 3 is 2.57 bits per heavy atom. The lowest BCUT2D eigenvalue weighted by Crippen LogP contribution is -2.15. The summed E-state index contributed by atoms with van der Waals surface area (Å²) in [7, 11) is 1.93. The molecule has 23 heavy (non-hydrogen) atoms. The molecule has 0 spiro atoms. The normalized spacial score (nSPS) is 10.3. The first-order valence-electron chi connectivity index (χ1n) is 7.07. The molecular weight excluding hydrogens is 354 g/mol. The molecule has 0 radical (unpaired) electrons. The lowest BCUT2D eigenvalue weighted by Gasteiger charge is -2.21. The van der Waals surface area contributed by atoms with Crippen molar-refractivity contribution in [2.75, 3.05) is 23.0 Å². The number of nitrogens with one attached hydrogen (secondary N) is 1. The minimum absolute atomic E-state index is 0.499. The van der Waals surface area contributed by atoms with E-state index in [2.05, 4.69) is 31.2 Å².